The van der Waals surface area contributed by atoms with Crippen LogP contribution in [0.2, 0.25) is 0 Å². The van der Waals surface area contributed by atoms with E-state index in [9.17, 15) is 5.11 Å². The number of aromatic nitrogens is 2. The summed E-state index contributed by atoms with van der Waals surface area (Å²) in [5.41, 5.74) is 2.27. The van der Waals surface area contributed by atoms with E-state index in [4.69, 9.17) is 0 Å². The third-order valence-corrected chi connectivity index (χ3v) is 2.14. The molecule has 0 aliphatic rings. The number of pyridine rings is 2. The van der Waals surface area contributed by atoms with Crippen LogP contribution in [0.5, 0.6) is 5.75 Å². The third-order valence-electron chi connectivity index (χ3n) is 2.14. The Kier molecular flexibility index (Phi) is 2.96. The molecule has 2 heterocycles. The number of aromatic hydroxyl groups is 1. The number of nitrogens with zero attached hydrogens (tertiary/aromatic N) is 2. The molecule has 2 aromatic heterocycles. The zero-order valence-electron chi connectivity index (χ0n) is 8.96. The van der Waals surface area contributed by atoms with Crippen molar-refractivity contribution in [3.63, 3.8) is 0 Å². The van der Waals surface area contributed by atoms with Gasteiger partial charge in [0, 0.05) is 11.9 Å². The van der Waals surface area contributed by atoms with Gasteiger partial charge in [-0.05, 0) is 43.3 Å². The smallest absolute Gasteiger partial charge is 0.141 e. The molecule has 0 unspecified atom stereocenters. The van der Waals surface area contributed by atoms with E-state index in [1.807, 2.05) is 31.2 Å². The Hall–Kier alpha value is -2.16. The van der Waals surface area contributed by atoms with E-state index in [0.717, 1.165) is 11.4 Å². The summed E-state index contributed by atoms with van der Waals surface area (Å²) in [7, 11) is 0. The topological polar surface area (TPSA) is 46.0 Å². The van der Waals surface area contributed by atoms with Crippen molar-refractivity contribution in [3.8, 4) is 5.75 Å². The zero-order valence-corrected chi connectivity index (χ0v) is 8.96. The second kappa shape index (κ2) is 4.57. The highest BCUT2D eigenvalue weighted by Crippen LogP contribution is 2.17. The summed E-state index contributed by atoms with van der Waals surface area (Å²) in [5.74, 6) is 0.179. The lowest BCUT2D eigenvalue weighted by molar-refractivity contribution is 0.471. The molecule has 0 aromatic carbocycles. The van der Waals surface area contributed by atoms with Crippen molar-refractivity contribution in [3.05, 3.63) is 53.6 Å². The average Bonchev–Trinajstić information content (AvgIpc) is 2.32. The number of hydrogen-bond acceptors (Lipinski definition) is 3. The SMILES string of the molecule is Cc1ccc(O)c(/C=C\c2ccccn2)n1. The molecule has 2 aromatic rings. The Morgan fingerprint density at radius 3 is 2.75 bits per heavy atom. The molecule has 1 N–H and O–H groups in total. The molecule has 0 spiro atoms. The molecule has 2 rings (SSSR count). The maximum Gasteiger partial charge on any atom is 0.141 e. The minimum atomic E-state index is 0.179. The summed E-state index contributed by atoms with van der Waals surface area (Å²) >= 11 is 0. The molecule has 0 fully saturated rings. The quantitative estimate of drug-likeness (QED) is 0.832. The number of aryl methyl sites for hydroxylation is 1. The van der Waals surface area contributed by atoms with Crippen molar-refractivity contribution >= 4 is 12.2 Å². The van der Waals surface area contributed by atoms with Crippen molar-refractivity contribution in [1.82, 2.24) is 9.97 Å². The van der Waals surface area contributed by atoms with Gasteiger partial charge < -0.3 is 5.11 Å². The maximum atomic E-state index is 9.58. The molecule has 80 valence electrons. The average molecular weight is 212 g/mol. The first kappa shape index (κ1) is 10.4. The van der Waals surface area contributed by atoms with Crippen molar-refractivity contribution in [1.29, 1.82) is 0 Å². The van der Waals surface area contributed by atoms with Crippen LogP contribution in [0, 0.1) is 6.92 Å². The second-order valence-electron chi connectivity index (χ2n) is 3.44. The highest BCUT2D eigenvalue weighted by molar-refractivity contribution is 5.68. The molecule has 0 bridgehead atoms. The van der Waals surface area contributed by atoms with Gasteiger partial charge in [-0.2, -0.15) is 0 Å². The monoisotopic (exact) mass is 212 g/mol. The molecule has 0 saturated heterocycles. The van der Waals surface area contributed by atoms with E-state index in [2.05, 4.69) is 9.97 Å². The first-order valence-electron chi connectivity index (χ1n) is 5.01. The van der Waals surface area contributed by atoms with E-state index in [1.165, 1.54) is 0 Å². The molecule has 0 atom stereocenters. The Bertz CT molecular complexity index is 507. The van der Waals surface area contributed by atoms with Crippen LogP contribution in [0.15, 0.2) is 36.5 Å². The summed E-state index contributed by atoms with van der Waals surface area (Å²) in [6, 6.07) is 9.08. The van der Waals surface area contributed by atoms with Gasteiger partial charge in [-0.3, -0.25) is 4.98 Å². The summed E-state index contributed by atoms with van der Waals surface area (Å²) < 4.78 is 0. The molecule has 0 aliphatic carbocycles. The van der Waals surface area contributed by atoms with Gasteiger partial charge in [0.2, 0.25) is 0 Å². The van der Waals surface area contributed by atoms with Crippen LogP contribution in [0.1, 0.15) is 17.1 Å². The van der Waals surface area contributed by atoms with Crippen LogP contribution < -0.4 is 0 Å². The van der Waals surface area contributed by atoms with Crippen molar-refractivity contribution in [2.45, 2.75) is 6.92 Å². The van der Waals surface area contributed by atoms with Crippen molar-refractivity contribution < 1.29 is 5.11 Å². The predicted octanol–water partition coefficient (Wildman–Crippen LogP) is 2.66. The van der Waals surface area contributed by atoms with E-state index in [0.29, 0.717) is 5.69 Å². The number of hydrogen-bond donors (Lipinski definition) is 1. The van der Waals surface area contributed by atoms with E-state index in [-0.39, 0.29) is 5.75 Å². The normalized spacial score (nSPS) is 10.8. The Morgan fingerprint density at radius 1 is 1.12 bits per heavy atom. The van der Waals surface area contributed by atoms with Crippen LogP contribution in [0.4, 0.5) is 0 Å². The Morgan fingerprint density at radius 2 is 2.00 bits per heavy atom. The van der Waals surface area contributed by atoms with Gasteiger partial charge in [-0.1, -0.05) is 6.07 Å². The van der Waals surface area contributed by atoms with Crippen LogP contribution >= 0.6 is 0 Å². The minimum Gasteiger partial charge on any atom is -0.506 e. The van der Waals surface area contributed by atoms with Crippen molar-refractivity contribution in [2.75, 3.05) is 0 Å². The molecule has 3 nitrogen and oxygen atoms in total. The van der Waals surface area contributed by atoms with Crippen molar-refractivity contribution in [2.24, 2.45) is 0 Å². The minimum absolute atomic E-state index is 0.179. The lowest BCUT2D eigenvalue weighted by Gasteiger charge is -1.99. The standard InChI is InChI=1S/C13H12N2O/c1-10-5-8-13(16)12(15-10)7-6-11-4-2-3-9-14-11/h2-9,16H,1H3/b7-6-. The van der Waals surface area contributed by atoms with Gasteiger partial charge in [0.25, 0.3) is 0 Å². The first-order valence-corrected chi connectivity index (χ1v) is 5.01. The fourth-order valence-corrected chi connectivity index (χ4v) is 1.33. The van der Waals surface area contributed by atoms with Crippen LogP contribution in [0.25, 0.3) is 12.2 Å². The third kappa shape index (κ3) is 2.45. The molecule has 0 radical (unpaired) electrons. The molecule has 0 saturated carbocycles. The second-order valence-corrected chi connectivity index (χ2v) is 3.44. The lowest BCUT2D eigenvalue weighted by atomic mass is 10.2. The van der Waals surface area contributed by atoms with Gasteiger partial charge in [0.15, 0.2) is 0 Å². The van der Waals surface area contributed by atoms with Crippen LogP contribution in [-0.4, -0.2) is 15.1 Å². The molecular formula is C13H12N2O. The summed E-state index contributed by atoms with van der Waals surface area (Å²) in [6.45, 7) is 1.89. The maximum absolute atomic E-state index is 9.58. The Balaban J connectivity index is 2.27. The first-order chi connectivity index (χ1) is 7.75. The van der Waals surface area contributed by atoms with Gasteiger partial charge in [0.1, 0.15) is 11.4 Å². The van der Waals surface area contributed by atoms with Crippen LogP contribution in [-0.2, 0) is 0 Å². The van der Waals surface area contributed by atoms with Gasteiger partial charge in [-0.15, -0.1) is 0 Å². The van der Waals surface area contributed by atoms with Gasteiger partial charge in [-0.25, -0.2) is 4.98 Å². The van der Waals surface area contributed by atoms with Crippen LogP contribution in [0.3, 0.4) is 0 Å². The molecule has 0 amide bonds. The Labute approximate surface area is 94.1 Å². The van der Waals surface area contributed by atoms with Gasteiger partial charge >= 0.3 is 0 Å². The van der Waals surface area contributed by atoms with Gasteiger partial charge in [0.05, 0.1) is 5.69 Å². The molecule has 3 heteroatoms. The van der Waals surface area contributed by atoms with E-state index in [1.54, 1.807) is 24.4 Å². The molecule has 0 aliphatic heterocycles. The largest absolute Gasteiger partial charge is 0.506 e. The highest BCUT2D eigenvalue weighted by Gasteiger charge is 1.98. The van der Waals surface area contributed by atoms with E-state index < -0.39 is 0 Å². The fourth-order valence-electron chi connectivity index (χ4n) is 1.33. The number of rotatable bonds is 2. The summed E-state index contributed by atoms with van der Waals surface area (Å²) in [4.78, 5) is 8.37. The van der Waals surface area contributed by atoms with E-state index >= 15 is 0 Å². The predicted molar refractivity (Wildman–Crippen MR) is 63.8 cm³/mol. The lowest BCUT2D eigenvalue weighted by Crippen LogP contribution is -1.85. The zero-order chi connectivity index (χ0) is 11.4. The molecular weight excluding hydrogens is 200 g/mol. The highest BCUT2D eigenvalue weighted by atomic mass is 16.3. The molecule has 16 heavy (non-hydrogen) atoms. The summed E-state index contributed by atoms with van der Waals surface area (Å²) in [5, 5.41) is 9.58. The summed E-state index contributed by atoms with van der Waals surface area (Å²) in [6.07, 6.45) is 5.30. The fraction of sp³-hybridized carbons (Fsp3) is 0.0769.